The van der Waals surface area contributed by atoms with Crippen LogP contribution in [0.15, 0.2) is 6.07 Å². The summed E-state index contributed by atoms with van der Waals surface area (Å²) in [6, 6.07) is 1.34. The fraction of sp³-hybridized carbons (Fsp3) is 0.615. The average Bonchev–Trinajstić information content (AvgIpc) is 2.36. The number of aromatic nitrogens is 2. The summed E-state index contributed by atoms with van der Waals surface area (Å²) in [5.74, 6) is 1.77. The summed E-state index contributed by atoms with van der Waals surface area (Å²) in [7, 11) is 0. The van der Waals surface area contributed by atoms with Gasteiger partial charge in [0, 0.05) is 19.0 Å². The summed E-state index contributed by atoms with van der Waals surface area (Å²) in [4.78, 5) is 19.9. The van der Waals surface area contributed by atoms with E-state index in [2.05, 4.69) is 34.4 Å². The first kappa shape index (κ1) is 15.2. The number of hydrogen-bond donors (Lipinski definition) is 3. The van der Waals surface area contributed by atoms with Crippen molar-refractivity contribution in [3.05, 3.63) is 11.9 Å². The average molecular weight is 265 g/mol. The maximum atomic E-state index is 11.1. The number of anilines is 2. The highest BCUT2D eigenvalue weighted by atomic mass is 16.1. The van der Waals surface area contributed by atoms with Gasteiger partial charge in [0.2, 0.25) is 5.91 Å². The van der Waals surface area contributed by atoms with Crippen LogP contribution < -0.4 is 16.4 Å². The maximum Gasteiger partial charge on any atom is 0.239 e. The molecular weight excluding hydrogens is 242 g/mol. The molecule has 106 valence electrons. The number of nitrogens with two attached hydrogens (primary N) is 1. The molecule has 19 heavy (non-hydrogen) atoms. The molecule has 1 rings (SSSR count). The van der Waals surface area contributed by atoms with Gasteiger partial charge in [-0.25, -0.2) is 9.97 Å². The minimum Gasteiger partial charge on any atom is -0.370 e. The molecule has 1 unspecified atom stereocenters. The third kappa shape index (κ3) is 5.11. The Morgan fingerprint density at radius 3 is 2.58 bits per heavy atom. The molecule has 0 aliphatic carbocycles. The highest BCUT2D eigenvalue weighted by Crippen LogP contribution is 2.13. The van der Waals surface area contributed by atoms with Gasteiger partial charge in [-0.05, 0) is 19.8 Å². The van der Waals surface area contributed by atoms with Crippen LogP contribution in [0.3, 0.4) is 0 Å². The van der Waals surface area contributed by atoms with Gasteiger partial charge in [-0.15, -0.1) is 0 Å². The third-order valence-corrected chi connectivity index (χ3v) is 2.59. The van der Waals surface area contributed by atoms with Crippen molar-refractivity contribution in [2.24, 2.45) is 5.73 Å². The summed E-state index contributed by atoms with van der Waals surface area (Å²) >= 11 is 0. The van der Waals surface area contributed by atoms with Crippen LogP contribution in [0.2, 0.25) is 0 Å². The molecule has 4 N–H and O–H groups in total. The van der Waals surface area contributed by atoms with Crippen LogP contribution in [-0.4, -0.2) is 28.5 Å². The number of rotatable bonds is 8. The van der Waals surface area contributed by atoms with Gasteiger partial charge in [0.05, 0.1) is 0 Å². The Bertz CT molecular complexity index is 421. The molecule has 0 saturated heterocycles. The van der Waals surface area contributed by atoms with E-state index in [0.29, 0.717) is 5.82 Å². The van der Waals surface area contributed by atoms with Crippen molar-refractivity contribution in [1.29, 1.82) is 0 Å². The van der Waals surface area contributed by atoms with Crippen LogP contribution in [0.4, 0.5) is 11.6 Å². The summed E-state index contributed by atoms with van der Waals surface area (Å²) in [6.45, 7) is 6.74. The first-order valence-corrected chi connectivity index (χ1v) is 6.74. The Morgan fingerprint density at radius 2 is 2.00 bits per heavy atom. The number of carbonyl (C=O) groups excluding carboxylic acids is 1. The molecule has 0 bridgehead atoms. The van der Waals surface area contributed by atoms with Crippen molar-refractivity contribution in [2.45, 2.75) is 46.1 Å². The Morgan fingerprint density at radius 1 is 1.32 bits per heavy atom. The van der Waals surface area contributed by atoms with E-state index in [0.717, 1.165) is 37.4 Å². The lowest BCUT2D eigenvalue weighted by Crippen LogP contribution is -2.32. The summed E-state index contributed by atoms with van der Waals surface area (Å²) in [5.41, 5.74) is 5.24. The molecule has 0 spiro atoms. The lowest BCUT2D eigenvalue weighted by atomic mass is 10.3. The number of hydrogen-bond acceptors (Lipinski definition) is 5. The quantitative estimate of drug-likeness (QED) is 0.663. The minimum absolute atomic E-state index is 0.404. The Labute approximate surface area is 114 Å². The molecule has 0 saturated carbocycles. The van der Waals surface area contributed by atoms with E-state index in [1.54, 1.807) is 13.0 Å². The Hall–Kier alpha value is -1.85. The predicted molar refractivity (Wildman–Crippen MR) is 77.1 cm³/mol. The zero-order chi connectivity index (χ0) is 14.3. The van der Waals surface area contributed by atoms with Crippen molar-refractivity contribution >= 4 is 17.5 Å². The highest BCUT2D eigenvalue weighted by Gasteiger charge is 2.11. The normalized spacial score (nSPS) is 11.9. The lowest BCUT2D eigenvalue weighted by molar-refractivity contribution is -0.118. The summed E-state index contributed by atoms with van der Waals surface area (Å²) in [5, 5.41) is 6.22. The maximum absolute atomic E-state index is 11.1. The largest absolute Gasteiger partial charge is 0.370 e. The van der Waals surface area contributed by atoms with Crippen LogP contribution >= 0.6 is 0 Å². The van der Waals surface area contributed by atoms with Gasteiger partial charge in [0.25, 0.3) is 0 Å². The number of nitrogens with zero attached hydrogens (tertiary/aromatic N) is 2. The zero-order valence-electron chi connectivity index (χ0n) is 11.9. The smallest absolute Gasteiger partial charge is 0.239 e. The summed E-state index contributed by atoms with van der Waals surface area (Å²) < 4.78 is 0. The van der Waals surface area contributed by atoms with Crippen molar-refractivity contribution in [1.82, 2.24) is 9.97 Å². The van der Waals surface area contributed by atoms with Crippen LogP contribution in [0.5, 0.6) is 0 Å². The molecule has 1 amide bonds. The predicted octanol–water partition coefficient (Wildman–Crippen LogP) is 1.54. The van der Waals surface area contributed by atoms with Crippen molar-refractivity contribution in [2.75, 3.05) is 17.2 Å². The van der Waals surface area contributed by atoms with Crippen LogP contribution in [0.25, 0.3) is 0 Å². The molecule has 0 fully saturated rings. The van der Waals surface area contributed by atoms with Gasteiger partial charge in [-0.2, -0.15) is 0 Å². The van der Waals surface area contributed by atoms with Gasteiger partial charge in [0.1, 0.15) is 23.5 Å². The van der Waals surface area contributed by atoms with Crippen LogP contribution in [0, 0.1) is 0 Å². The number of carbonyl (C=O) groups is 1. The van der Waals surface area contributed by atoms with Crippen molar-refractivity contribution in [3.63, 3.8) is 0 Å². The molecule has 1 atom stereocenters. The first-order chi connectivity index (χ1) is 9.06. The number of nitrogens with one attached hydrogen (secondary N) is 2. The van der Waals surface area contributed by atoms with E-state index in [1.807, 2.05) is 0 Å². The van der Waals surface area contributed by atoms with Gasteiger partial charge < -0.3 is 16.4 Å². The summed E-state index contributed by atoms with van der Waals surface area (Å²) in [6.07, 6.45) is 2.80. The van der Waals surface area contributed by atoms with Gasteiger partial charge in [-0.1, -0.05) is 13.8 Å². The Balaban J connectivity index is 2.88. The fourth-order valence-corrected chi connectivity index (χ4v) is 1.54. The topological polar surface area (TPSA) is 92.9 Å². The third-order valence-electron chi connectivity index (χ3n) is 2.59. The molecule has 6 heteroatoms. The van der Waals surface area contributed by atoms with Gasteiger partial charge in [-0.3, -0.25) is 4.79 Å². The van der Waals surface area contributed by atoms with Crippen LogP contribution in [0.1, 0.15) is 39.4 Å². The molecule has 0 radical (unpaired) electrons. The second-order valence-electron chi connectivity index (χ2n) is 4.50. The second kappa shape index (κ2) is 7.56. The minimum atomic E-state index is -0.455. The van der Waals surface area contributed by atoms with Gasteiger partial charge >= 0.3 is 0 Å². The standard InChI is InChI=1S/C13H23N5O/c1-4-6-10-17-11(15-7-5-2)8-12(18-10)16-9(3)13(14)19/h8-9H,4-7H2,1-3H3,(H2,14,19)(H2,15,16,17,18). The molecule has 1 aromatic heterocycles. The second-order valence-corrected chi connectivity index (χ2v) is 4.50. The molecule has 1 heterocycles. The van der Waals surface area contributed by atoms with E-state index >= 15 is 0 Å². The van der Waals surface area contributed by atoms with Gasteiger partial charge in [0.15, 0.2) is 0 Å². The molecule has 1 aromatic rings. The first-order valence-electron chi connectivity index (χ1n) is 6.74. The van der Waals surface area contributed by atoms with E-state index in [9.17, 15) is 4.79 Å². The zero-order valence-corrected chi connectivity index (χ0v) is 11.9. The lowest BCUT2D eigenvalue weighted by Gasteiger charge is -2.13. The highest BCUT2D eigenvalue weighted by molar-refractivity contribution is 5.82. The number of primary amides is 1. The fourth-order valence-electron chi connectivity index (χ4n) is 1.54. The molecule has 0 aliphatic rings. The van der Waals surface area contributed by atoms with Crippen molar-refractivity contribution < 1.29 is 4.79 Å². The molecular formula is C13H23N5O. The molecule has 6 nitrogen and oxygen atoms in total. The molecule has 0 aromatic carbocycles. The van der Waals surface area contributed by atoms with E-state index in [-0.39, 0.29) is 0 Å². The van der Waals surface area contributed by atoms with Crippen molar-refractivity contribution in [3.8, 4) is 0 Å². The van der Waals surface area contributed by atoms with E-state index < -0.39 is 11.9 Å². The molecule has 0 aliphatic heterocycles. The van der Waals surface area contributed by atoms with E-state index in [1.165, 1.54) is 0 Å². The van der Waals surface area contributed by atoms with Crippen LogP contribution in [-0.2, 0) is 11.2 Å². The van der Waals surface area contributed by atoms with E-state index in [4.69, 9.17) is 5.73 Å². The number of aryl methyl sites for hydroxylation is 1. The monoisotopic (exact) mass is 265 g/mol. The SMILES string of the molecule is CCCNc1cc(NC(C)C(N)=O)nc(CCC)n1. The Kier molecular flexibility index (Phi) is 6.05. The number of amides is 1.